The lowest BCUT2D eigenvalue weighted by Gasteiger charge is -2.10. The van der Waals surface area contributed by atoms with Gasteiger partial charge in [0, 0.05) is 0 Å². The zero-order chi connectivity index (χ0) is 8.85. The molecule has 2 unspecified atom stereocenters. The van der Waals surface area contributed by atoms with Gasteiger partial charge in [-0.15, -0.1) is 0 Å². The molecule has 0 saturated heterocycles. The van der Waals surface area contributed by atoms with Gasteiger partial charge in [-0.3, -0.25) is 4.79 Å². The van der Waals surface area contributed by atoms with Crippen molar-refractivity contribution in [2.75, 3.05) is 6.54 Å². The Labute approximate surface area is 66.8 Å². The number of nitrogens with one attached hydrogen (secondary N) is 1. The topological polar surface area (TPSA) is 75.3 Å². The first-order chi connectivity index (χ1) is 5.04. The zero-order valence-corrected chi connectivity index (χ0v) is 7.00. The molecule has 4 N–H and O–H groups in total. The maximum atomic E-state index is 10.5. The van der Waals surface area contributed by atoms with Gasteiger partial charge < -0.3 is 16.2 Å². The summed E-state index contributed by atoms with van der Waals surface area (Å²) in [5, 5.41) is 11.7. The third-order valence-electron chi connectivity index (χ3n) is 1.44. The van der Waals surface area contributed by atoms with Gasteiger partial charge >= 0.3 is 0 Å². The van der Waals surface area contributed by atoms with E-state index in [0.29, 0.717) is 13.0 Å². The quantitative estimate of drug-likeness (QED) is 0.494. The summed E-state index contributed by atoms with van der Waals surface area (Å²) < 4.78 is 0. The van der Waals surface area contributed by atoms with Crippen molar-refractivity contribution in [1.82, 2.24) is 5.32 Å². The highest BCUT2D eigenvalue weighted by Gasteiger charge is 2.06. The molecule has 0 rings (SSSR count). The molecule has 0 aliphatic rings. The van der Waals surface area contributed by atoms with Gasteiger partial charge in [-0.1, -0.05) is 0 Å². The number of hydrogen-bond donors (Lipinski definition) is 3. The van der Waals surface area contributed by atoms with Gasteiger partial charge in [0.15, 0.2) is 0 Å². The molecule has 66 valence electrons. The van der Waals surface area contributed by atoms with E-state index in [1.165, 1.54) is 0 Å². The maximum Gasteiger partial charge on any atom is 0.234 e. The molecule has 1 amide bonds. The Morgan fingerprint density at radius 2 is 2.18 bits per heavy atom. The fourth-order valence-electron chi connectivity index (χ4n) is 0.609. The minimum Gasteiger partial charge on any atom is -0.393 e. The summed E-state index contributed by atoms with van der Waals surface area (Å²) in [4.78, 5) is 10.5. The second-order valence-corrected chi connectivity index (χ2v) is 2.72. The molecule has 0 heterocycles. The molecule has 2 atom stereocenters. The van der Waals surface area contributed by atoms with Gasteiger partial charge in [0.05, 0.1) is 12.1 Å². The SMILES string of the molecule is CC(O)CCNC(C)C(N)=O. The predicted molar refractivity (Wildman–Crippen MR) is 43.0 cm³/mol. The molecule has 0 aromatic rings. The van der Waals surface area contributed by atoms with E-state index < -0.39 is 0 Å². The smallest absolute Gasteiger partial charge is 0.234 e. The fourth-order valence-corrected chi connectivity index (χ4v) is 0.609. The third-order valence-corrected chi connectivity index (χ3v) is 1.44. The van der Waals surface area contributed by atoms with E-state index in [4.69, 9.17) is 10.8 Å². The Bertz CT molecular complexity index is 126. The van der Waals surface area contributed by atoms with E-state index in [1.807, 2.05) is 0 Å². The fraction of sp³-hybridized carbons (Fsp3) is 0.857. The Balaban J connectivity index is 3.31. The van der Waals surface area contributed by atoms with Crippen molar-refractivity contribution >= 4 is 5.91 Å². The van der Waals surface area contributed by atoms with Crippen molar-refractivity contribution in [2.24, 2.45) is 5.73 Å². The van der Waals surface area contributed by atoms with Crippen LogP contribution >= 0.6 is 0 Å². The molecular weight excluding hydrogens is 144 g/mol. The normalized spacial score (nSPS) is 15.9. The van der Waals surface area contributed by atoms with Crippen LogP contribution in [0.5, 0.6) is 0 Å². The van der Waals surface area contributed by atoms with Gasteiger partial charge in [0.1, 0.15) is 0 Å². The molecular formula is C7H16N2O2. The van der Waals surface area contributed by atoms with Crippen LogP contribution in [0.3, 0.4) is 0 Å². The van der Waals surface area contributed by atoms with Gasteiger partial charge in [-0.05, 0) is 26.8 Å². The van der Waals surface area contributed by atoms with E-state index in [-0.39, 0.29) is 18.1 Å². The third kappa shape index (κ3) is 5.82. The summed E-state index contributed by atoms with van der Waals surface area (Å²) in [6.07, 6.45) is 0.306. The Morgan fingerprint density at radius 3 is 2.55 bits per heavy atom. The number of hydrogen-bond acceptors (Lipinski definition) is 3. The largest absolute Gasteiger partial charge is 0.393 e. The number of carbonyl (C=O) groups excluding carboxylic acids is 1. The van der Waals surface area contributed by atoms with Crippen LogP contribution in [0, 0.1) is 0 Å². The second-order valence-electron chi connectivity index (χ2n) is 2.72. The number of aliphatic hydroxyl groups excluding tert-OH is 1. The number of aliphatic hydroxyl groups is 1. The number of rotatable bonds is 5. The van der Waals surface area contributed by atoms with Crippen LogP contribution in [0.1, 0.15) is 20.3 Å². The summed E-state index contributed by atoms with van der Waals surface area (Å²) in [5.41, 5.74) is 4.99. The average molecular weight is 160 g/mol. The Hall–Kier alpha value is -0.610. The first-order valence-corrected chi connectivity index (χ1v) is 3.74. The van der Waals surface area contributed by atoms with Crippen LogP contribution in [0.2, 0.25) is 0 Å². The molecule has 4 nitrogen and oxygen atoms in total. The molecule has 0 aliphatic heterocycles. The van der Waals surface area contributed by atoms with Crippen LogP contribution in [-0.2, 0) is 4.79 Å². The van der Waals surface area contributed by atoms with Crippen LogP contribution in [0.25, 0.3) is 0 Å². The summed E-state index contributed by atoms with van der Waals surface area (Å²) in [6.45, 7) is 4.02. The molecule has 0 fully saturated rings. The van der Waals surface area contributed by atoms with Crippen LogP contribution in [-0.4, -0.2) is 29.7 Å². The number of carbonyl (C=O) groups is 1. The first-order valence-electron chi connectivity index (χ1n) is 3.74. The number of nitrogens with two attached hydrogens (primary N) is 1. The molecule has 11 heavy (non-hydrogen) atoms. The molecule has 0 aliphatic carbocycles. The minimum atomic E-state index is -0.365. The highest BCUT2D eigenvalue weighted by atomic mass is 16.3. The number of amides is 1. The van der Waals surface area contributed by atoms with Crippen molar-refractivity contribution in [3.8, 4) is 0 Å². The Morgan fingerprint density at radius 1 is 1.64 bits per heavy atom. The summed E-state index contributed by atoms with van der Waals surface area (Å²) >= 11 is 0. The summed E-state index contributed by atoms with van der Waals surface area (Å²) in [7, 11) is 0. The van der Waals surface area contributed by atoms with Gasteiger partial charge in [0.25, 0.3) is 0 Å². The zero-order valence-electron chi connectivity index (χ0n) is 7.00. The average Bonchev–Trinajstić information content (AvgIpc) is 1.86. The van der Waals surface area contributed by atoms with Crippen molar-refractivity contribution in [3.63, 3.8) is 0 Å². The lowest BCUT2D eigenvalue weighted by atomic mass is 10.2. The van der Waals surface area contributed by atoms with Crippen molar-refractivity contribution in [3.05, 3.63) is 0 Å². The van der Waals surface area contributed by atoms with Crippen LogP contribution in [0.15, 0.2) is 0 Å². The van der Waals surface area contributed by atoms with Crippen LogP contribution in [0.4, 0.5) is 0 Å². The Kier molecular flexibility index (Phi) is 4.81. The molecule has 0 spiro atoms. The highest BCUT2D eigenvalue weighted by molar-refractivity contribution is 5.79. The van der Waals surface area contributed by atoms with Crippen LogP contribution < -0.4 is 11.1 Å². The molecule has 0 aromatic heterocycles. The van der Waals surface area contributed by atoms with Crippen molar-refractivity contribution in [1.29, 1.82) is 0 Å². The van der Waals surface area contributed by atoms with Crippen molar-refractivity contribution < 1.29 is 9.90 Å². The first kappa shape index (κ1) is 10.4. The molecule has 0 radical (unpaired) electrons. The minimum absolute atomic E-state index is 0.311. The monoisotopic (exact) mass is 160 g/mol. The second kappa shape index (κ2) is 5.09. The molecule has 0 saturated carbocycles. The van der Waals surface area contributed by atoms with Gasteiger partial charge in [-0.2, -0.15) is 0 Å². The maximum absolute atomic E-state index is 10.5. The van der Waals surface area contributed by atoms with E-state index in [2.05, 4.69) is 5.32 Å². The molecule has 0 bridgehead atoms. The highest BCUT2D eigenvalue weighted by Crippen LogP contribution is 1.87. The van der Waals surface area contributed by atoms with E-state index >= 15 is 0 Å². The predicted octanol–water partition coefficient (Wildman–Crippen LogP) is -0.779. The van der Waals surface area contributed by atoms with E-state index in [1.54, 1.807) is 13.8 Å². The standard InChI is InChI=1S/C7H16N2O2/c1-5(10)3-4-9-6(2)7(8)11/h5-6,9-10H,3-4H2,1-2H3,(H2,8,11). The van der Waals surface area contributed by atoms with E-state index in [0.717, 1.165) is 0 Å². The lowest BCUT2D eigenvalue weighted by molar-refractivity contribution is -0.119. The summed E-state index contributed by atoms with van der Waals surface area (Å²) in [5.74, 6) is -0.365. The van der Waals surface area contributed by atoms with Crippen molar-refractivity contribution in [2.45, 2.75) is 32.4 Å². The summed E-state index contributed by atoms with van der Waals surface area (Å²) in [6, 6.07) is -0.311. The number of primary amides is 1. The molecule has 0 aromatic carbocycles. The van der Waals surface area contributed by atoms with E-state index in [9.17, 15) is 4.79 Å². The molecule has 4 heteroatoms. The lowest BCUT2D eigenvalue weighted by Crippen LogP contribution is -2.39. The van der Waals surface area contributed by atoms with Gasteiger partial charge in [-0.25, -0.2) is 0 Å². The van der Waals surface area contributed by atoms with Gasteiger partial charge in [0.2, 0.25) is 5.91 Å².